The van der Waals surface area contributed by atoms with Crippen LogP contribution in [0.3, 0.4) is 0 Å². The molecule has 1 unspecified atom stereocenters. The van der Waals surface area contributed by atoms with Gasteiger partial charge in [-0.15, -0.1) is 0 Å². The van der Waals surface area contributed by atoms with E-state index in [4.69, 9.17) is 5.11 Å². The molecule has 1 atom stereocenters. The zero-order valence-corrected chi connectivity index (χ0v) is 7.56. The van der Waals surface area contributed by atoms with Crippen molar-refractivity contribution in [3.05, 3.63) is 35.4 Å². The van der Waals surface area contributed by atoms with Gasteiger partial charge in [0.25, 0.3) is 0 Å². The molecule has 72 valence electrons. The van der Waals surface area contributed by atoms with Gasteiger partial charge in [-0.2, -0.15) is 0 Å². The molecule has 0 bridgehead atoms. The average molecular weight is 190 g/mol. The van der Waals surface area contributed by atoms with Crippen molar-refractivity contribution in [2.45, 2.75) is 18.8 Å². The molecule has 0 saturated heterocycles. The smallest absolute Gasteiger partial charge is 0.311 e. The molecular formula is C11H10O3. The first-order valence-corrected chi connectivity index (χ1v) is 4.51. The molecule has 14 heavy (non-hydrogen) atoms. The lowest BCUT2D eigenvalue weighted by Crippen LogP contribution is -2.23. The minimum absolute atomic E-state index is 0.0103. The summed E-state index contributed by atoms with van der Waals surface area (Å²) in [5.74, 6) is -1.55. The summed E-state index contributed by atoms with van der Waals surface area (Å²) in [6.07, 6.45) is 0.506. The molecule has 0 aromatic heterocycles. The van der Waals surface area contributed by atoms with Crippen molar-refractivity contribution >= 4 is 11.8 Å². The largest absolute Gasteiger partial charge is 0.481 e. The van der Waals surface area contributed by atoms with Crippen LogP contribution in [0.1, 0.15) is 23.5 Å². The molecule has 0 saturated carbocycles. The average Bonchev–Trinajstić information content (AvgIpc) is 2.16. The molecule has 0 spiro atoms. The minimum atomic E-state index is -0.912. The summed E-state index contributed by atoms with van der Waals surface area (Å²) in [7, 11) is 0. The Bertz CT molecular complexity index is 395. The molecular weight excluding hydrogens is 180 g/mol. The van der Waals surface area contributed by atoms with Gasteiger partial charge >= 0.3 is 5.97 Å². The summed E-state index contributed by atoms with van der Waals surface area (Å²) >= 11 is 0. The maximum atomic E-state index is 11.3. The quantitative estimate of drug-likeness (QED) is 0.727. The maximum Gasteiger partial charge on any atom is 0.311 e. The van der Waals surface area contributed by atoms with E-state index in [2.05, 4.69) is 0 Å². The zero-order valence-electron chi connectivity index (χ0n) is 7.56. The van der Waals surface area contributed by atoms with Crippen LogP contribution in [0.4, 0.5) is 0 Å². The predicted octanol–water partition coefficient (Wildman–Crippen LogP) is 1.37. The highest BCUT2D eigenvalue weighted by atomic mass is 16.4. The van der Waals surface area contributed by atoms with Crippen molar-refractivity contribution in [1.29, 1.82) is 0 Å². The number of carboxylic acids is 1. The van der Waals surface area contributed by atoms with Crippen LogP contribution in [0.5, 0.6) is 0 Å². The number of benzene rings is 1. The molecule has 3 heteroatoms. The van der Waals surface area contributed by atoms with Crippen LogP contribution in [-0.2, 0) is 16.0 Å². The molecule has 0 radical (unpaired) electrons. The van der Waals surface area contributed by atoms with Crippen LogP contribution in [0.25, 0.3) is 0 Å². The van der Waals surface area contributed by atoms with E-state index < -0.39 is 11.9 Å². The Morgan fingerprint density at radius 1 is 1.36 bits per heavy atom. The Morgan fingerprint density at radius 2 is 2.07 bits per heavy atom. The fourth-order valence-corrected chi connectivity index (χ4v) is 1.88. The second-order valence-corrected chi connectivity index (χ2v) is 3.51. The van der Waals surface area contributed by atoms with Gasteiger partial charge in [0.1, 0.15) is 5.78 Å². The van der Waals surface area contributed by atoms with Gasteiger partial charge in [-0.3, -0.25) is 9.59 Å². The Balaban J connectivity index is 2.48. The number of Topliss-reactive ketones (excluding diaryl/α,β-unsaturated/α-hetero) is 1. The first kappa shape index (κ1) is 8.94. The van der Waals surface area contributed by atoms with E-state index in [9.17, 15) is 9.59 Å². The Morgan fingerprint density at radius 3 is 2.79 bits per heavy atom. The molecule has 0 heterocycles. The number of hydrogen-bond acceptors (Lipinski definition) is 2. The van der Waals surface area contributed by atoms with Gasteiger partial charge in [0.15, 0.2) is 0 Å². The van der Waals surface area contributed by atoms with Gasteiger partial charge < -0.3 is 5.11 Å². The van der Waals surface area contributed by atoms with Crippen molar-refractivity contribution in [2.75, 3.05) is 0 Å². The summed E-state index contributed by atoms with van der Waals surface area (Å²) < 4.78 is 0. The van der Waals surface area contributed by atoms with Gasteiger partial charge in [0, 0.05) is 12.8 Å². The van der Waals surface area contributed by atoms with Crippen LogP contribution in [-0.4, -0.2) is 16.9 Å². The van der Waals surface area contributed by atoms with Crippen molar-refractivity contribution in [3.8, 4) is 0 Å². The van der Waals surface area contributed by atoms with Gasteiger partial charge in [-0.1, -0.05) is 24.3 Å². The lowest BCUT2D eigenvalue weighted by Gasteiger charge is -2.20. The number of carbonyl (C=O) groups is 2. The number of ketones is 1. The molecule has 1 aromatic carbocycles. The molecule has 3 nitrogen and oxygen atoms in total. The van der Waals surface area contributed by atoms with Crippen LogP contribution in [0.15, 0.2) is 24.3 Å². The minimum Gasteiger partial charge on any atom is -0.481 e. The van der Waals surface area contributed by atoms with Gasteiger partial charge in [-0.05, 0) is 11.1 Å². The number of rotatable bonds is 1. The van der Waals surface area contributed by atoms with Crippen molar-refractivity contribution in [2.24, 2.45) is 0 Å². The normalized spacial score (nSPS) is 20.3. The summed E-state index contributed by atoms with van der Waals surface area (Å²) in [6, 6.07) is 7.25. The van der Waals surface area contributed by atoms with E-state index in [1.54, 1.807) is 6.07 Å². The second kappa shape index (κ2) is 3.25. The molecule has 1 aliphatic rings. The van der Waals surface area contributed by atoms with Crippen molar-refractivity contribution < 1.29 is 14.7 Å². The monoisotopic (exact) mass is 190 g/mol. The first-order chi connectivity index (χ1) is 6.68. The summed E-state index contributed by atoms with van der Waals surface area (Å²) in [4.78, 5) is 22.2. The third-order valence-corrected chi connectivity index (χ3v) is 2.55. The molecule has 1 aliphatic carbocycles. The Hall–Kier alpha value is -1.64. The summed E-state index contributed by atoms with van der Waals surface area (Å²) in [6.45, 7) is 0. The molecule has 1 aromatic rings. The van der Waals surface area contributed by atoms with Crippen LogP contribution >= 0.6 is 0 Å². The third kappa shape index (κ3) is 1.41. The Labute approximate surface area is 81.4 Å². The van der Waals surface area contributed by atoms with E-state index in [1.165, 1.54) is 0 Å². The van der Waals surface area contributed by atoms with Crippen LogP contribution < -0.4 is 0 Å². The highest BCUT2D eigenvalue weighted by Gasteiger charge is 2.29. The standard InChI is InChI=1S/C11H10O3/c12-8-5-7-3-1-2-4-9(7)10(6-8)11(13)14/h1-4,10H,5-6H2,(H,13,14). The summed E-state index contributed by atoms with van der Waals surface area (Å²) in [5.41, 5.74) is 1.65. The predicted molar refractivity (Wildman–Crippen MR) is 50.1 cm³/mol. The highest BCUT2D eigenvalue weighted by Crippen LogP contribution is 2.29. The second-order valence-electron chi connectivity index (χ2n) is 3.51. The zero-order chi connectivity index (χ0) is 10.1. The number of aliphatic carboxylic acids is 1. The fraction of sp³-hybridized carbons (Fsp3) is 0.273. The van der Waals surface area contributed by atoms with Crippen LogP contribution in [0.2, 0.25) is 0 Å². The van der Waals surface area contributed by atoms with E-state index in [1.807, 2.05) is 18.2 Å². The number of hydrogen-bond donors (Lipinski definition) is 1. The molecule has 2 rings (SSSR count). The maximum absolute atomic E-state index is 11.3. The summed E-state index contributed by atoms with van der Waals surface area (Å²) in [5, 5.41) is 8.95. The van der Waals surface area contributed by atoms with Crippen molar-refractivity contribution in [3.63, 3.8) is 0 Å². The molecule has 0 aliphatic heterocycles. The lowest BCUT2D eigenvalue weighted by atomic mass is 9.82. The topological polar surface area (TPSA) is 54.4 Å². The molecule has 1 N–H and O–H groups in total. The number of fused-ring (bicyclic) bond motifs is 1. The first-order valence-electron chi connectivity index (χ1n) is 4.51. The van der Waals surface area contributed by atoms with Gasteiger partial charge in [-0.25, -0.2) is 0 Å². The molecule has 0 fully saturated rings. The third-order valence-electron chi connectivity index (χ3n) is 2.55. The highest BCUT2D eigenvalue weighted by molar-refractivity contribution is 5.91. The van der Waals surface area contributed by atoms with Crippen LogP contribution in [0, 0.1) is 0 Å². The lowest BCUT2D eigenvalue weighted by molar-refractivity contribution is -0.140. The molecule has 0 amide bonds. The van der Waals surface area contributed by atoms with E-state index in [-0.39, 0.29) is 12.2 Å². The SMILES string of the molecule is O=C1Cc2ccccc2C(C(=O)O)C1. The number of carbonyl (C=O) groups excluding carboxylic acids is 1. The van der Waals surface area contributed by atoms with E-state index in [0.717, 1.165) is 11.1 Å². The van der Waals surface area contributed by atoms with E-state index >= 15 is 0 Å². The van der Waals surface area contributed by atoms with Gasteiger partial charge in [0.05, 0.1) is 5.92 Å². The van der Waals surface area contributed by atoms with E-state index in [0.29, 0.717) is 6.42 Å². The Kier molecular flexibility index (Phi) is 2.08. The van der Waals surface area contributed by atoms with Crippen molar-refractivity contribution in [1.82, 2.24) is 0 Å². The van der Waals surface area contributed by atoms with Gasteiger partial charge in [0.2, 0.25) is 0 Å². The fourth-order valence-electron chi connectivity index (χ4n) is 1.88. The number of carboxylic acid groups (broad SMARTS) is 1.